The summed E-state index contributed by atoms with van der Waals surface area (Å²) >= 11 is 1.93. The van der Waals surface area contributed by atoms with Gasteiger partial charge in [-0.15, -0.1) is 0 Å². The van der Waals surface area contributed by atoms with Gasteiger partial charge in [-0.05, 0) is 18.4 Å². The molecule has 0 bridgehead atoms. The Labute approximate surface area is 143 Å². The average Bonchev–Trinajstić information content (AvgIpc) is 2.62. The van der Waals surface area contributed by atoms with Crippen LogP contribution in [0.25, 0.3) is 0 Å². The van der Waals surface area contributed by atoms with Crippen molar-refractivity contribution in [3.8, 4) is 0 Å². The Hall–Kier alpha value is -1.04. The van der Waals surface area contributed by atoms with E-state index in [9.17, 15) is 9.90 Å². The van der Waals surface area contributed by atoms with E-state index in [0.717, 1.165) is 30.2 Å². The number of amides is 1. The van der Waals surface area contributed by atoms with E-state index < -0.39 is 5.60 Å². The molecule has 2 rings (SSSR count). The third-order valence-electron chi connectivity index (χ3n) is 4.68. The highest BCUT2D eigenvalue weighted by atomic mass is 32.2. The highest BCUT2D eigenvalue weighted by Gasteiger charge is 2.30. The SMILES string of the molecule is CCC(O)(CC)CNC(=O)C(c1ccccc1)N1CCSCC1. The van der Waals surface area contributed by atoms with Crippen molar-refractivity contribution >= 4 is 17.7 Å². The minimum absolute atomic E-state index is 0.0107. The van der Waals surface area contributed by atoms with Gasteiger partial charge in [0.1, 0.15) is 6.04 Å². The smallest absolute Gasteiger partial charge is 0.242 e. The second-order valence-corrected chi connectivity index (χ2v) is 7.34. The molecule has 4 nitrogen and oxygen atoms in total. The van der Waals surface area contributed by atoms with E-state index in [4.69, 9.17) is 0 Å². The second kappa shape index (κ2) is 8.71. The summed E-state index contributed by atoms with van der Waals surface area (Å²) in [4.78, 5) is 15.1. The van der Waals surface area contributed by atoms with E-state index >= 15 is 0 Å². The first-order chi connectivity index (χ1) is 11.1. The molecule has 1 aromatic rings. The summed E-state index contributed by atoms with van der Waals surface area (Å²) in [7, 11) is 0. The van der Waals surface area contributed by atoms with E-state index in [1.165, 1.54) is 0 Å². The molecule has 1 fully saturated rings. The van der Waals surface area contributed by atoms with Gasteiger partial charge in [-0.3, -0.25) is 9.69 Å². The van der Waals surface area contributed by atoms with Gasteiger partial charge >= 0.3 is 0 Å². The number of benzene rings is 1. The van der Waals surface area contributed by atoms with Crippen molar-refractivity contribution in [1.82, 2.24) is 10.2 Å². The summed E-state index contributed by atoms with van der Waals surface area (Å²) in [5.41, 5.74) is 0.211. The van der Waals surface area contributed by atoms with Gasteiger partial charge in [0.05, 0.1) is 5.60 Å². The maximum Gasteiger partial charge on any atom is 0.242 e. The predicted octanol–water partition coefficient (Wildman–Crippen LogP) is 2.44. The monoisotopic (exact) mass is 336 g/mol. The van der Waals surface area contributed by atoms with Gasteiger partial charge in [-0.1, -0.05) is 44.2 Å². The lowest BCUT2D eigenvalue weighted by Gasteiger charge is -2.34. The number of hydrogen-bond acceptors (Lipinski definition) is 4. The molecule has 128 valence electrons. The van der Waals surface area contributed by atoms with Gasteiger partial charge in [-0.2, -0.15) is 11.8 Å². The van der Waals surface area contributed by atoms with Crippen LogP contribution in [0.15, 0.2) is 30.3 Å². The fourth-order valence-electron chi connectivity index (χ4n) is 2.85. The standard InChI is InChI=1S/C18H28N2O2S/c1-3-18(22,4-2)14-19-17(21)16(15-8-6-5-7-9-15)20-10-12-23-13-11-20/h5-9,16,22H,3-4,10-14H2,1-2H3,(H,19,21). The molecule has 1 aromatic carbocycles. The normalized spacial score (nSPS) is 17.7. The molecule has 1 amide bonds. The molecule has 1 saturated heterocycles. The van der Waals surface area contributed by atoms with Crippen molar-refractivity contribution in [3.05, 3.63) is 35.9 Å². The fourth-order valence-corrected chi connectivity index (χ4v) is 3.78. The number of aliphatic hydroxyl groups is 1. The first kappa shape index (κ1) is 18.3. The van der Waals surface area contributed by atoms with Gasteiger partial charge in [0.2, 0.25) is 5.91 Å². The molecule has 0 saturated carbocycles. The molecule has 1 aliphatic heterocycles. The Balaban J connectivity index is 2.11. The first-order valence-corrected chi connectivity index (χ1v) is 9.62. The van der Waals surface area contributed by atoms with Crippen LogP contribution in [0.1, 0.15) is 38.3 Å². The molecule has 23 heavy (non-hydrogen) atoms. The van der Waals surface area contributed by atoms with Gasteiger partial charge in [0, 0.05) is 31.1 Å². The van der Waals surface area contributed by atoms with E-state index in [1.807, 2.05) is 55.9 Å². The lowest BCUT2D eigenvalue weighted by Crippen LogP contribution is -2.48. The van der Waals surface area contributed by atoms with Crippen LogP contribution in [-0.2, 0) is 4.79 Å². The first-order valence-electron chi connectivity index (χ1n) is 8.46. The lowest BCUT2D eigenvalue weighted by molar-refractivity contribution is -0.128. The van der Waals surface area contributed by atoms with Crippen LogP contribution in [0.3, 0.4) is 0 Å². The van der Waals surface area contributed by atoms with Crippen molar-refractivity contribution in [2.45, 2.75) is 38.3 Å². The number of carbonyl (C=O) groups is 1. The topological polar surface area (TPSA) is 52.6 Å². The van der Waals surface area contributed by atoms with E-state index in [2.05, 4.69) is 10.2 Å². The van der Waals surface area contributed by atoms with Gasteiger partial charge < -0.3 is 10.4 Å². The third-order valence-corrected chi connectivity index (χ3v) is 5.62. The number of carbonyl (C=O) groups excluding carboxylic acids is 1. The number of nitrogens with zero attached hydrogens (tertiary/aromatic N) is 1. The van der Waals surface area contributed by atoms with Crippen LogP contribution >= 0.6 is 11.8 Å². The van der Waals surface area contributed by atoms with Crippen molar-refractivity contribution < 1.29 is 9.90 Å². The zero-order valence-electron chi connectivity index (χ0n) is 14.1. The maximum absolute atomic E-state index is 12.9. The second-order valence-electron chi connectivity index (χ2n) is 6.11. The van der Waals surface area contributed by atoms with Crippen molar-refractivity contribution in [1.29, 1.82) is 0 Å². The maximum atomic E-state index is 12.9. The zero-order valence-corrected chi connectivity index (χ0v) is 14.9. The quantitative estimate of drug-likeness (QED) is 0.803. The third kappa shape index (κ3) is 4.96. The van der Waals surface area contributed by atoms with Crippen LogP contribution in [0.5, 0.6) is 0 Å². The highest BCUT2D eigenvalue weighted by Crippen LogP contribution is 2.25. The van der Waals surface area contributed by atoms with Gasteiger partial charge in [0.25, 0.3) is 0 Å². The molecule has 0 aliphatic carbocycles. The molecule has 1 unspecified atom stereocenters. The summed E-state index contributed by atoms with van der Waals surface area (Å²) in [6.45, 7) is 6.05. The van der Waals surface area contributed by atoms with Crippen LogP contribution in [0.2, 0.25) is 0 Å². The van der Waals surface area contributed by atoms with Crippen molar-refractivity contribution in [2.24, 2.45) is 0 Å². The summed E-state index contributed by atoms with van der Waals surface area (Å²) in [5.74, 6) is 2.11. The Kier molecular flexibility index (Phi) is 6.93. The Morgan fingerprint density at radius 2 is 1.87 bits per heavy atom. The molecule has 5 heteroatoms. The molecule has 1 aliphatic rings. The van der Waals surface area contributed by atoms with E-state index in [0.29, 0.717) is 19.4 Å². The number of hydrogen-bond donors (Lipinski definition) is 2. The minimum atomic E-state index is -0.811. The molecule has 1 heterocycles. The highest BCUT2D eigenvalue weighted by molar-refractivity contribution is 7.99. The van der Waals surface area contributed by atoms with Gasteiger partial charge in [0.15, 0.2) is 0 Å². The Morgan fingerprint density at radius 1 is 1.26 bits per heavy atom. The van der Waals surface area contributed by atoms with Crippen LogP contribution in [0, 0.1) is 0 Å². The minimum Gasteiger partial charge on any atom is -0.388 e. The summed E-state index contributed by atoms with van der Waals surface area (Å²) in [5, 5.41) is 13.4. The van der Waals surface area contributed by atoms with Crippen LogP contribution in [-0.4, -0.2) is 52.7 Å². The van der Waals surface area contributed by atoms with Crippen LogP contribution < -0.4 is 5.32 Å². The molecule has 1 atom stereocenters. The molecular weight excluding hydrogens is 308 g/mol. The largest absolute Gasteiger partial charge is 0.388 e. The molecule has 0 spiro atoms. The number of rotatable bonds is 7. The molecule has 0 aromatic heterocycles. The lowest BCUT2D eigenvalue weighted by atomic mass is 9.97. The number of thioether (sulfide) groups is 1. The van der Waals surface area contributed by atoms with Crippen LogP contribution in [0.4, 0.5) is 0 Å². The Morgan fingerprint density at radius 3 is 2.43 bits per heavy atom. The summed E-state index contributed by atoms with van der Waals surface area (Å²) in [6, 6.07) is 9.67. The molecular formula is C18H28N2O2S. The molecule has 2 N–H and O–H groups in total. The zero-order chi connectivity index (χ0) is 16.7. The predicted molar refractivity (Wildman–Crippen MR) is 96.6 cm³/mol. The summed E-state index contributed by atoms with van der Waals surface area (Å²) in [6.07, 6.45) is 1.28. The molecule has 0 radical (unpaired) electrons. The number of nitrogens with one attached hydrogen (secondary N) is 1. The average molecular weight is 337 g/mol. The summed E-state index contributed by atoms with van der Waals surface area (Å²) < 4.78 is 0. The van der Waals surface area contributed by atoms with Crippen molar-refractivity contribution in [3.63, 3.8) is 0 Å². The van der Waals surface area contributed by atoms with E-state index in [-0.39, 0.29) is 11.9 Å². The fraction of sp³-hybridized carbons (Fsp3) is 0.611. The van der Waals surface area contributed by atoms with E-state index in [1.54, 1.807) is 0 Å². The van der Waals surface area contributed by atoms with Crippen molar-refractivity contribution in [2.75, 3.05) is 31.1 Å². The van der Waals surface area contributed by atoms with Gasteiger partial charge in [-0.25, -0.2) is 0 Å². The Bertz CT molecular complexity index is 485.